The van der Waals surface area contributed by atoms with Gasteiger partial charge in [0.25, 0.3) is 11.8 Å². The van der Waals surface area contributed by atoms with Crippen LogP contribution in [0.2, 0.25) is 0 Å². The summed E-state index contributed by atoms with van der Waals surface area (Å²) in [7, 11) is 0. The molecule has 0 fully saturated rings. The molecule has 2 N–H and O–H groups in total. The molecule has 0 atom stereocenters. The first kappa shape index (κ1) is 19.9. The number of carbonyl (C=O) groups excluding carboxylic acids is 3. The molecule has 0 aliphatic rings. The molecule has 7 heteroatoms. The Labute approximate surface area is 166 Å². The topological polar surface area (TPSA) is 88.2 Å². The fraction of sp³-hybridized carbons (Fsp3) is 0.0909. The van der Waals surface area contributed by atoms with Crippen LogP contribution < -0.4 is 10.6 Å². The van der Waals surface area contributed by atoms with E-state index in [1.807, 2.05) is 0 Å². The second-order valence-electron chi connectivity index (χ2n) is 6.36. The van der Waals surface area contributed by atoms with Gasteiger partial charge in [0.05, 0.1) is 11.1 Å². The van der Waals surface area contributed by atoms with Crippen molar-refractivity contribution in [2.24, 2.45) is 0 Å². The molecule has 0 unspecified atom stereocenters. The van der Waals surface area contributed by atoms with Crippen molar-refractivity contribution in [1.29, 1.82) is 0 Å². The first-order valence-corrected chi connectivity index (χ1v) is 8.82. The lowest BCUT2D eigenvalue weighted by Crippen LogP contribution is -2.23. The first-order valence-electron chi connectivity index (χ1n) is 8.82. The zero-order valence-electron chi connectivity index (χ0n) is 15.6. The summed E-state index contributed by atoms with van der Waals surface area (Å²) in [6.07, 6.45) is 2.72. The molecule has 3 aromatic rings. The van der Waals surface area contributed by atoms with Gasteiger partial charge in [0.1, 0.15) is 5.82 Å². The van der Waals surface area contributed by atoms with E-state index >= 15 is 0 Å². The molecule has 146 valence electrons. The summed E-state index contributed by atoms with van der Waals surface area (Å²) in [5, 5.41) is 5.40. The maximum Gasteiger partial charge on any atom is 0.257 e. The minimum absolute atomic E-state index is 0.0635. The Kier molecular flexibility index (Phi) is 6.09. The number of nitrogens with zero attached hydrogens (tertiary/aromatic N) is 1. The van der Waals surface area contributed by atoms with Crippen molar-refractivity contribution >= 4 is 23.3 Å². The zero-order valence-corrected chi connectivity index (χ0v) is 15.6. The number of ketones is 1. The van der Waals surface area contributed by atoms with Gasteiger partial charge in [-0.3, -0.25) is 19.4 Å². The predicted octanol–water partition coefficient (Wildman–Crippen LogP) is 3.61. The summed E-state index contributed by atoms with van der Waals surface area (Å²) < 4.78 is 12.9. The van der Waals surface area contributed by atoms with E-state index in [1.165, 1.54) is 37.5 Å². The molecule has 1 heterocycles. The Hall–Kier alpha value is -3.87. The van der Waals surface area contributed by atoms with E-state index in [-0.39, 0.29) is 29.3 Å². The van der Waals surface area contributed by atoms with Crippen LogP contribution >= 0.6 is 0 Å². The number of Topliss-reactive ketones (excluding diaryl/α,β-unsaturated/α-hetero) is 1. The van der Waals surface area contributed by atoms with Crippen LogP contribution in [-0.4, -0.2) is 22.6 Å². The SMILES string of the molecule is CC(=O)c1ccc(NC(=O)c2cncc(C(=O)NCc3ccc(F)cc3)c2)cc1. The van der Waals surface area contributed by atoms with E-state index in [1.54, 1.807) is 36.4 Å². The molecule has 6 nitrogen and oxygen atoms in total. The molecular formula is C22H18FN3O3. The van der Waals surface area contributed by atoms with Gasteiger partial charge in [0.15, 0.2) is 5.78 Å². The number of halogens is 1. The number of amides is 2. The lowest BCUT2D eigenvalue weighted by atomic mass is 10.1. The largest absolute Gasteiger partial charge is 0.348 e. The Morgan fingerprint density at radius 2 is 1.48 bits per heavy atom. The van der Waals surface area contributed by atoms with Gasteiger partial charge < -0.3 is 10.6 Å². The highest BCUT2D eigenvalue weighted by atomic mass is 19.1. The summed E-state index contributed by atoms with van der Waals surface area (Å²) in [5.41, 5.74) is 2.26. The summed E-state index contributed by atoms with van der Waals surface area (Å²) >= 11 is 0. The van der Waals surface area contributed by atoms with Crippen molar-refractivity contribution in [1.82, 2.24) is 10.3 Å². The van der Waals surface area contributed by atoms with Crippen LogP contribution in [0, 0.1) is 5.82 Å². The van der Waals surface area contributed by atoms with Crippen molar-refractivity contribution in [2.45, 2.75) is 13.5 Å². The van der Waals surface area contributed by atoms with E-state index < -0.39 is 11.8 Å². The van der Waals surface area contributed by atoms with Crippen LogP contribution in [-0.2, 0) is 6.54 Å². The number of anilines is 1. The average Bonchev–Trinajstić information content (AvgIpc) is 2.73. The van der Waals surface area contributed by atoms with Crippen LogP contribution in [0.5, 0.6) is 0 Å². The van der Waals surface area contributed by atoms with Gasteiger partial charge in [0, 0.05) is 30.2 Å². The fourth-order valence-corrected chi connectivity index (χ4v) is 2.57. The summed E-state index contributed by atoms with van der Waals surface area (Å²) in [4.78, 5) is 40.0. The minimum atomic E-state index is -0.429. The van der Waals surface area contributed by atoms with E-state index in [9.17, 15) is 18.8 Å². The Bertz CT molecular complexity index is 1050. The summed E-state index contributed by atoms with van der Waals surface area (Å²) in [5.74, 6) is -1.24. The van der Waals surface area contributed by atoms with Gasteiger partial charge in [0.2, 0.25) is 0 Å². The van der Waals surface area contributed by atoms with Crippen molar-refractivity contribution in [3.63, 3.8) is 0 Å². The van der Waals surface area contributed by atoms with Crippen LogP contribution in [0.4, 0.5) is 10.1 Å². The smallest absolute Gasteiger partial charge is 0.257 e. The summed E-state index contributed by atoms with van der Waals surface area (Å²) in [6.45, 7) is 1.68. The van der Waals surface area contributed by atoms with Gasteiger partial charge in [-0.05, 0) is 55.0 Å². The molecule has 0 aliphatic carbocycles. The maximum atomic E-state index is 12.9. The highest BCUT2D eigenvalue weighted by Crippen LogP contribution is 2.12. The monoisotopic (exact) mass is 391 g/mol. The molecule has 2 aromatic carbocycles. The van der Waals surface area contributed by atoms with Gasteiger partial charge in [-0.25, -0.2) is 4.39 Å². The zero-order chi connectivity index (χ0) is 20.8. The van der Waals surface area contributed by atoms with Gasteiger partial charge >= 0.3 is 0 Å². The van der Waals surface area contributed by atoms with Gasteiger partial charge in [-0.15, -0.1) is 0 Å². The normalized spacial score (nSPS) is 10.3. The molecule has 0 bridgehead atoms. The van der Waals surface area contributed by atoms with Crippen molar-refractivity contribution in [3.8, 4) is 0 Å². The number of hydrogen-bond donors (Lipinski definition) is 2. The van der Waals surface area contributed by atoms with Crippen molar-refractivity contribution in [3.05, 3.63) is 95.1 Å². The minimum Gasteiger partial charge on any atom is -0.348 e. The number of hydrogen-bond acceptors (Lipinski definition) is 4. The van der Waals surface area contributed by atoms with Gasteiger partial charge in [-0.2, -0.15) is 0 Å². The average molecular weight is 391 g/mol. The highest BCUT2D eigenvalue weighted by molar-refractivity contribution is 6.06. The van der Waals surface area contributed by atoms with Crippen LogP contribution in [0.1, 0.15) is 43.6 Å². The van der Waals surface area contributed by atoms with Crippen molar-refractivity contribution < 1.29 is 18.8 Å². The molecule has 0 aliphatic heterocycles. The number of aromatic nitrogens is 1. The molecule has 3 rings (SSSR count). The second kappa shape index (κ2) is 8.88. The van der Waals surface area contributed by atoms with Crippen LogP contribution in [0.3, 0.4) is 0 Å². The maximum absolute atomic E-state index is 12.9. The van der Waals surface area contributed by atoms with Crippen LogP contribution in [0.15, 0.2) is 67.0 Å². The number of benzene rings is 2. The lowest BCUT2D eigenvalue weighted by molar-refractivity contribution is 0.0949. The molecular weight excluding hydrogens is 373 g/mol. The molecule has 29 heavy (non-hydrogen) atoms. The lowest BCUT2D eigenvalue weighted by Gasteiger charge is -2.08. The Morgan fingerprint density at radius 1 is 0.862 bits per heavy atom. The number of rotatable bonds is 6. The molecule has 0 saturated heterocycles. The Balaban J connectivity index is 1.64. The standard InChI is InChI=1S/C22H18FN3O3/c1-14(27)16-4-8-20(9-5-16)26-22(29)18-10-17(12-24-13-18)21(28)25-11-15-2-6-19(23)7-3-15/h2-10,12-13H,11H2,1H3,(H,25,28)(H,26,29). The fourth-order valence-electron chi connectivity index (χ4n) is 2.57. The summed E-state index contributed by atoms with van der Waals surface area (Å²) in [6, 6.07) is 13.7. The molecule has 0 radical (unpaired) electrons. The highest BCUT2D eigenvalue weighted by Gasteiger charge is 2.12. The number of carbonyl (C=O) groups is 3. The molecule has 1 aromatic heterocycles. The molecule has 0 spiro atoms. The first-order chi connectivity index (χ1) is 13.9. The van der Waals surface area contributed by atoms with Crippen LogP contribution in [0.25, 0.3) is 0 Å². The predicted molar refractivity (Wildman–Crippen MR) is 106 cm³/mol. The Morgan fingerprint density at radius 3 is 2.10 bits per heavy atom. The van der Waals surface area contributed by atoms with E-state index in [0.29, 0.717) is 11.3 Å². The third kappa shape index (κ3) is 5.32. The molecule has 2 amide bonds. The third-order valence-electron chi connectivity index (χ3n) is 4.18. The van der Waals surface area contributed by atoms with E-state index in [0.717, 1.165) is 5.56 Å². The molecule has 0 saturated carbocycles. The van der Waals surface area contributed by atoms with E-state index in [4.69, 9.17) is 0 Å². The quantitative estimate of drug-likeness (QED) is 0.629. The number of pyridine rings is 1. The third-order valence-corrected chi connectivity index (χ3v) is 4.18. The second-order valence-corrected chi connectivity index (χ2v) is 6.36. The number of nitrogens with one attached hydrogen (secondary N) is 2. The van der Waals surface area contributed by atoms with Crippen molar-refractivity contribution in [2.75, 3.05) is 5.32 Å². The van der Waals surface area contributed by atoms with Gasteiger partial charge in [-0.1, -0.05) is 12.1 Å². The van der Waals surface area contributed by atoms with E-state index in [2.05, 4.69) is 15.6 Å².